The number of nitrogens with zero attached hydrogens (tertiary/aromatic N) is 2. The minimum absolute atomic E-state index is 0.103. The number of ketones is 1. The fourth-order valence-corrected chi connectivity index (χ4v) is 5.20. The number of hydroxylamine groups is 1. The molecule has 1 fully saturated rings. The first-order valence-electron chi connectivity index (χ1n) is 11.7. The lowest BCUT2D eigenvalue weighted by Crippen LogP contribution is -2.24. The lowest BCUT2D eigenvalue weighted by molar-refractivity contribution is -0.118. The second-order valence-corrected chi connectivity index (χ2v) is 9.50. The summed E-state index contributed by atoms with van der Waals surface area (Å²) in [6, 6.07) is 6.75. The Labute approximate surface area is 209 Å². The maximum atomic E-state index is 13.6. The van der Waals surface area contributed by atoms with Crippen molar-refractivity contribution in [2.75, 3.05) is 12.4 Å². The largest absolute Gasteiger partial charge is 0.350 e. The van der Waals surface area contributed by atoms with E-state index in [2.05, 4.69) is 20.6 Å². The molecule has 3 aromatic rings. The van der Waals surface area contributed by atoms with Gasteiger partial charge in [0.2, 0.25) is 5.91 Å². The molecule has 2 N–H and O–H groups in total. The predicted molar refractivity (Wildman–Crippen MR) is 135 cm³/mol. The molecule has 0 saturated heterocycles. The van der Waals surface area contributed by atoms with E-state index in [1.54, 1.807) is 24.3 Å². The number of nitrogens with one attached hydrogen (secondary N) is 2. The van der Waals surface area contributed by atoms with Gasteiger partial charge in [-0.1, -0.05) is 37.3 Å². The number of hydrogen-bond acceptors (Lipinski definition) is 5. The van der Waals surface area contributed by atoms with Gasteiger partial charge >= 0.3 is 0 Å². The third-order valence-electron chi connectivity index (χ3n) is 6.70. The molecule has 0 aliphatic heterocycles. The summed E-state index contributed by atoms with van der Waals surface area (Å²) < 4.78 is 1.93. The van der Waals surface area contributed by atoms with Crippen molar-refractivity contribution < 1.29 is 19.2 Å². The van der Waals surface area contributed by atoms with Crippen LogP contribution in [0.25, 0.3) is 10.9 Å². The summed E-state index contributed by atoms with van der Waals surface area (Å²) in [6.45, 7) is 1.49. The number of pyridine rings is 1. The molecule has 1 unspecified atom stereocenters. The number of amides is 2. The first-order valence-corrected chi connectivity index (χ1v) is 12.1. The van der Waals surface area contributed by atoms with Crippen molar-refractivity contribution in [3.63, 3.8) is 0 Å². The van der Waals surface area contributed by atoms with Gasteiger partial charge in [-0.15, -0.1) is 0 Å². The molecule has 1 saturated carbocycles. The van der Waals surface area contributed by atoms with Gasteiger partial charge in [0.1, 0.15) is 5.82 Å². The van der Waals surface area contributed by atoms with Crippen molar-refractivity contribution in [2.24, 2.45) is 13.0 Å². The Morgan fingerprint density at radius 3 is 2.60 bits per heavy atom. The van der Waals surface area contributed by atoms with E-state index in [0.29, 0.717) is 34.3 Å². The molecule has 184 valence electrons. The minimum atomic E-state index is -0.422. The summed E-state index contributed by atoms with van der Waals surface area (Å²) >= 11 is 6.44. The summed E-state index contributed by atoms with van der Waals surface area (Å²) in [5, 5.41) is 4.16. The highest BCUT2D eigenvalue weighted by molar-refractivity contribution is 6.34. The van der Waals surface area contributed by atoms with Gasteiger partial charge in [0.05, 0.1) is 23.6 Å². The van der Waals surface area contributed by atoms with Crippen LogP contribution in [0.1, 0.15) is 71.2 Å². The lowest BCUT2D eigenvalue weighted by Gasteiger charge is -2.20. The molecule has 1 aliphatic rings. The SMILES string of the molecule is CONC(=O)c1ccc(NC(=O)C(CC2CCCC2)c2cn(C)c3cc(C(C)=O)c(Cl)cc23)nc1. The number of rotatable bonds is 8. The highest BCUT2D eigenvalue weighted by atomic mass is 35.5. The summed E-state index contributed by atoms with van der Waals surface area (Å²) in [4.78, 5) is 46.4. The number of fused-ring (bicyclic) bond motifs is 1. The molecule has 2 aromatic heterocycles. The maximum Gasteiger partial charge on any atom is 0.276 e. The van der Waals surface area contributed by atoms with E-state index in [1.807, 2.05) is 17.8 Å². The summed E-state index contributed by atoms with van der Waals surface area (Å²) in [6.07, 6.45) is 8.61. The van der Waals surface area contributed by atoms with Crippen LogP contribution in [-0.2, 0) is 16.7 Å². The summed E-state index contributed by atoms with van der Waals surface area (Å²) in [7, 11) is 3.26. The fraction of sp³-hybridized carbons (Fsp3) is 0.385. The van der Waals surface area contributed by atoms with E-state index in [4.69, 9.17) is 11.6 Å². The quantitative estimate of drug-likeness (QED) is 0.336. The Kier molecular flexibility index (Phi) is 7.52. The fourth-order valence-electron chi connectivity index (χ4n) is 4.90. The molecule has 0 radical (unpaired) electrons. The highest BCUT2D eigenvalue weighted by Crippen LogP contribution is 2.39. The molecule has 2 amide bonds. The van der Waals surface area contributed by atoms with Crippen LogP contribution in [0.2, 0.25) is 5.02 Å². The zero-order valence-electron chi connectivity index (χ0n) is 20.1. The Morgan fingerprint density at radius 1 is 1.23 bits per heavy atom. The number of carbonyl (C=O) groups is 3. The molecule has 4 rings (SSSR count). The summed E-state index contributed by atoms with van der Waals surface area (Å²) in [5.41, 5.74) is 4.74. The van der Waals surface area contributed by atoms with Crippen LogP contribution in [0.5, 0.6) is 0 Å². The number of anilines is 1. The van der Waals surface area contributed by atoms with E-state index in [0.717, 1.165) is 29.3 Å². The van der Waals surface area contributed by atoms with Crippen molar-refractivity contribution in [2.45, 2.75) is 44.9 Å². The molecule has 8 nitrogen and oxygen atoms in total. The lowest BCUT2D eigenvalue weighted by atomic mass is 9.87. The normalized spacial score (nSPS) is 14.7. The molecule has 35 heavy (non-hydrogen) atoms. The Morgan fingerprint density at radius 2 is 1.97 bits per heavy atom. The van der Waals surface area contributed by atoms with Crippen molar-refractivity contribution in [1.82, 2.24) is 15.0 Å². The average Bonchev–Trinajstić information content (AvgIpc) is 3.45. The van der Waals surface area contributed by atoms with E-state index < -0.39 is 11.8 Å². The minimum Gasteiger partial charge on any atom is -0.350 e. The molecular weight excluding hydrogens is 468 g/mol. The van der Waals surface area contributed by atoms with Gasteiger partial charge < -0.3 is 9.88 Å². The number of carbonyl (C=O) groups excluding carboxylic acids is 3. The average molecular weight is 497 g/mol. The monoisotopic (exact) mass is 496 g/mol. The Hall–Kier alpha value is -3.23. The number of aryl methyl sites for hydroxylation is 1. The zero-order valence-corrected chi connectivity index (χ0v) is 20.8. The Balaban J connectivity index is 1.66. The number of Topliss-reactive ketones (excluding diaryl/α,β-unsaturated/α-hetero) is 1. The smallest absolute Gasteiger partial charge is 0.276 e. The zero-order chi connectivity index (χ0) is 25.1. The predicted octanol–water partition coefficient (Wildman–Crippen LogP) is 5.02. The first kappa shape index (κ1) is 24.9. The van der Waals surface area contributed by atoms with Gasteiger partial charge in [-0.05, 0) is 49.1 Å². The molecule has 1 atom stereocenters. The van der Waals surface area contributed by atoms with Crippen molar-refractivity contribution in [1.29, 1.82) is 0 Å². The molecule has 1 aromatic carbocycles. The topological polar surface area (TPSA) is 102 Å². The van der Waals surface area contributed by atoms with Crippen LogP contribution in [-0.4, -0.2) is 34.3 Å². The number of benzene rings is 1. The van der Waals surface area contributed by atoms with Crippen LogP contribution in [0.4, 0.5) is 5.82 Å². The van der Waals surface area contributed by atoms with Crippen LogP contribution in [0.3, 0.4) is 0 Å². The van der Waals surface area contributed by atoms with E-state index in [1.165, 1.54) is 33.1 Å². The van der Waals surface area contributed by atoms with Crippen molar-refractivity contribution in [3.05, 3.63) is 58.4 Å². The van der Waals surface area contributed by atoms with Crippen LogP contribution >= 0.6 is 11.6 Å². The molecule has 0 bridgehead atoms. The number of aromatic nitrogens is 2. The Bertz CT molecular complexity index is 1260. The molecule has 2 heterocycles. The van der Waals surface area contributed by atoms with Gasteiger partial charge in [0, 0.05) is 35.9 Å². The summed E-state index contributed by atoms with van der Waals surface area (Å²) in [5.74, 6) is -0.293. The number of halogens is 1. The first-order chi connectivity index (χ1) is 16.8. The van der Waals surface area contributed by atoms with Crippen LogP contribution < -0.4 is 10.8 Å². The van der Waals surface area contributed by atoms with Gasteiger partial charge in [-0.2, -0.15) is 0 Å². The van der Waals surface area contributed by atoms with E-state index in [-0.39, 0.29) is 11.7 Å². The van der Waals surface area contributed by atoms with Gasteiger partial charge in [0.25, 0.3) is 5.91 Å². The van der Waals surface area contributed by atoms with E-state index >= 15 is 0 Å². The van der Waals surface area contributed by atoms with Crippen molar-refractivity contribution >= 4 is 45.9 Å². The molecule has 1 aliphatic carbocycles. The van der Waals surface area contributed by atoms with Gasteiger partial charge in [-0.25, -0.2) is 10.5 Å². The second-order valence-electron chi connectivity index (χ2n) is 9.10. The molecule has 9 heteroatoms. The molecule has 0 spiro atoms. The third-order valence-corrected chi connectivity index (χ3v) is 7.01. The second kappa shape index (κ2) is 10.6. The van der Waals surface area contributed by atoms with Gasteiger partial charge in [-0.3, -0.25) is 19.2 Å². The van der Waals surface area contributed by atoms with Crippen LogP contribution in [0.15, 0.2) is 36.7 Å². The third kappa shape index (κ3) is 5.39. The standard InChI is InChI=1S/C26H29ClN4O4/c1-15(32)18-12-23-19(11-22(18)27)21(14-31(23)2)20(10-16-6-4-5-7-16)26(34)29-24-9-8-17(13-28-24)25(33)30-35-3/h8-9,11-14,16,20H,4-7,10H2,1-3H3,(H,30,33)(H,28,29,34). The van der Waals surface area contributed by atoms with E-state index in [9.17, 15) is 14.4 Å². The van der Waals surface area contributed by atoms with Crippen LogP contribution in [0, 0.1) is 5.92 Å². The van der Waals surface area contributed by atoms with Crippen molar-refractivity contribution in [3.8, 4) is 0 Å². The highest BCUT2D eigenvalue weighted by Gasteiger charge is 2.30. The maximum absolute atomic E-state index is 13.6. The molecular formula is C26H29ClN4O4. The van der Waals surface area contributed by atoms with Gasteiger partial charge in [0.15, 0.2) is 5.78 Å². The number of hydrogen-bond donors (Lipinski definition) is 2.